The average molecular weight is 427 g/mol. The van der Waals surface area contributed by atoms with Crippen LogP contribution in [0.4, 0.5) is 0 Å². The summed E-state index contributed by atoms with van der Waals surface area (Å²) < 4.78 is 7.02. The topological polar surface area (TPSA) is 67.2 Å². The van der Waals surface area contributed by atoms with Crippen LogP contribution in [0.15, 0.2) is 46.7 Å². The molecule has 3 heterocycles. The van der Waals surface area contributed by atoms with Gasteiger partial charge in [0.2, 0.25) is 5.91 Å². The van der Waals surface area contributed by atoms with Crippen LogP contribution in [0.3, 0.4) is 0 Å². The zero-order chi connectivity index (χ0) is 20.9. The van der Waals surface area contributed by atoms with Gasteiger partial charge in [0.1, 0.15) is 5.75 Å². The van der Waals surface area contributed by atoms with Crippen molar-refractivity contribution in [3.63, 3.8) is 0 Å². The quantitative estimate of drug-likeness (QED) is 0.581. The molecule has 158 valence electrons. The van der Waals surface area contributed by atoms with Crippen LogP contribution in [0.25, 0.3) is 4.96 Å². The van der Waals surface area contributed by atoms with Gasteiger partial charge in [-0.2, -0.15) is 0 Å². The summed E-state index contributed by atoms with van der Waals surface area (Å²) in [6.07, 6.45) is 3.00. The number of amides is 1. The number of benzene rings is 1. The van der Waals surface area contributed by atoms with Gasteiger partial charge in [-0.1, -0.05) is 12.1 Å². The highest BCUT2D eigenvalue weighted by atomic mass is 32.1. The van der Waals surface area contributed by atoms with Gasteiger partial charge in [-0.15, -0.1) is 11.3 Å². The van der Waals surface area contributed by atoms with E-state index < -0.39 is 0 Å². The maximum absolute atomic E-state index is 12.6. The van der Waals surface area contributed by atoms with Gasteiger partial charge in [0.05, 0.1) is 12.3 Å². The van der Waals surface area contributed by atoms with Crippen molar-refractivity contribution in [2.24, 2.45) is 0 Å². The first-order chi connectivity index (χ1) is 14.6. The van der Waals surface area contributed by atoms with E-state index in [9.17, 15) is 9.59 Å². The van der Waals surface area contributed by atoms with Crippen molar-refractivity contribution in [2.75, 3.05) is 32.8 Å². The van der Waals surface area contributed by atoms with Crippen LogP contribution in [-0.4, -0.2) is 57.9 Å². The monoisotopic (exact) mass is 426 g/mol. The molecule has 0 radical (unpaired) electrons. The van der Waals surface area contributed by atoms with Crippen molar-refractivity contribution < 1.29 is 9.53 Å². The summed E-state index contributed by atoms with van der Waals surface area (Å²) in [5.74, 6) is 1.05. The van der Waals surface area contributed by atoms with Crippen LogP contribution in [0, 0.1) is 0 Å². The van der Waals surface area contributed by atoms with E-state index in [2.05, 4.69) is 9.88 Å². The third kappa shape index (κ3) is 4.88. The van der Waals surface area contributed by atoms with E-state index in [1.165, 1.54) is 11.3 Å². The molecule has 1 aliphatic heterocycles. The molecule has 1 saturated heterocycles. The van der Waals surface area contributed by atoms with E-state index in [4.69, 9.17) is 4.74 Å². The third-order valence-corrected chi connectivity index (χ3v) is 6.09. The van der Waals surface area contributed by atoms with Gasteiger partial charge in [-0.3, -0.25) is 18.9 Å². The molecule has 7 nitrogen and oxygen atoms in total. The highest BCUT2D eigenvalue weighted by Crippen LogP contribution is 2.15. The molecule has 0 spiro atoms. The molecule has 0 atom stereocenters. The summed E-state index contributed by atoms with van der Waals surface area (Å²) in [4.78, 5) is 34.2. The molecule has 1 amide bonds. The fraction of sp³-hybridized carbons (Fsp3) is 0.409. The first-order valence-corrected chi connectivity index (χ1v) is 11.2. The summed E-state index contributed by atoms with van der Waals surface area (Å²) >= 11 is 1.46. The van der Waals surface area contributed by atoms with Gasteiger partial charge in [0, 0.05) is 56.8 Å². The van der Waals surface area contributed by atoms with Crippen molar-refractivity contribution in [1.82, 2.24) is 19.2 Å². The van der Waals surface area contributed by atoms with Crippen molar-refractivity contribution in [1.29, 1.82) is 0 Å². The largest absolute Gasteiger partial charge is 0.494 e. The second kappa shape index (κ2) is 9.40. The van der Waals surface area contributed by atoms with E-state index in [1.807, 2.05) is 41.5 Å². The molecule has 1 fully saturated rings. The lowest BCUT2D eigenvalue weighted by molar-refractivity contribution is -0.133. The number of nitrogens with zero attached hydrogens (tertiary/aromatic N) is 4. The molecule has 0 N–H and O–H groups in total. The predicted molar refractivity (Wildman–Crippen MR) is 117 cm³/mol. The molecule has 1 aliphatic rings. The first kappa shape index (κ1) is 20.6. The van der Waals surface area contributed by atoms with Crippen molar-refractivity contribution in [2.45, 2.75) is 26.3 Å². The number of piperazine rings is 1. The molecule has 8 heteroatoms. The lowest BCUT2D eigenvalue weighted by atomic mass is 10.1. The Bertz CT molecular complexity index is 1050. The maximum Gasteiger partial charge on any atom is 0.258 e. The van der Waals surface area contributed by atoms with E-state index in [-0.39, 0.29) is 11.5 Å². The molecular formula is C22H26N4O3S. The van der Waals surface area contributed by atoms with Crippen molar-refractivity contribution >= 4 is 22.2 Å². The van der Waals surface area contributed by atoms with E-state index in [1.54, 1.807) is 16.7 Å². The summed E-state index contributed by atoms with van der Waals surface area (Å²) in [7, 11) is 0. The van der Waals surface area contributed by atoms with Crippen LogP contribution >= 0.6 is 11.3 Å². The minimum absolute atomic E-state index is 0.0423. The van der Waals surface area contributed by atoms with Crippen LogP contribution < -0.4 is 10.3 Å². The molecule has 0 unspecified atom stereocenters. The number of carbonyl (C=O) groups excluding carboxylic acids is 1. The van der Waals surface area contributed by atoms with E-state index >= 15 is 0 Å². The average Bonchev–Trinajstić information content (AvgIpc) is 3.23. The minimum Gasteiger partial charge on any atom is -0.494 e. The molecule has 2 aromatic heterocycles. The van der Waals surface area contributed by atoms with Gasteiger partial charge in [-0.25, -0.2) is 4.98 Å². The molecule has 3 aromatic rings. The predicted octanol–water partition coefficient (Wildman–Crippen LogP) is 2.43. The van der Waals surface area contributed by atoms with Gasteiger partial charge < -0.3 is 9.64 Å². The highest BCUT2D eigenvalue weighted by molar-refractivity contribution is 7.15. The second-order valence-electron chi connectivity index (χ2n) is 7.38. The SMILES string of the molecule is CCOc1ccc(CCC(=O)N2CCN(Cc3cc(=O)n4ccsc4n3)CC2)cc1. The lowest BCUT2D eigenvalue weighted by Crippen LogP contribution is -2.48. The number of ether oxygens (including phenoxy) is 1. The first-order valence-electron chi connectivity index (χ1n) is 10.3. The maximum atomic E-state index is 12.6. The normalized spacial score (nSPS) is 14.9. The van der Waals surface area contributed by atoms with E-state index in [0.29, 0.717) is 32.7 Å². The van der Waals surface area contributed by atoms with Crippen LogP contribution in [0.2, 0.25) is 0 Å². The number of rotatable bonds is 7. The van der Waals surface area contributed by atoms with Gasteiger partial charge in [0.25, 0.3) is 5.56 Å². The smallest absolute Gasteiger partial charge is 0.258 e. The number of carbonyl (C=O) groups is 1. The Hall–Kier alpha value is -2.71. The zero-order valence-electron chi connectivity index (χ0n) is 17.1. The molecule has 0 bridgehead atoms. The van der Waals surface area contributed by atoms with Gasteiger partial charge in [-0.05, 0) is 31.0 Å². The van der Waals surface area contributed by atoms with Gasteiger partial charge >= 0.3 is 0 Å². The fourth-order valence-corrected chi connectivity index (χ4v) is 4.42. The second-order valence-corrected chi connectivity index (χ2v) is 8.25. The Morgan fingerprint density at radius 2 is 1.93 bits per heavy atom. The van der Waals surface area contributed by atoms with Crippen LogP contribution in [0.5, 0.6) is 5.75 Å². The Morgan fingerprint density at radius 3 is 2.67 bits per heavy atom. The standard InChI is InChI=1S/C22H26N4O3S/c1-2-29-19-6-3-17(4-7-19)5-8-20(27)25-11-9-24(10-12-25)16-18-15-21(28)26-13-14-30-22(26)23-18/h3-4,6-7,13-15H,2,5,8-12,16H2,1H3. The molecule has 0 saturated carbocycles. The Kier molecular flexibility index (Phi) is 6.44. The van der Waals surface area contributed by atoms with Gasteiger partial charge in [0.15, 0.2) is 4.96 Å². The number of fused-ring (bicyclic) bond motifs is 1. The highest BCUT2D eigenvalue weighted by Gasteiger charge is 2.21. The Morgan fingerprint density at radius 1 is 1.17 bits per heavy atom. The molecule has 4 rings (SSSR count). The Labute approximate surface area is 179 Å². The fourth-order valence-electron chi connectivity index (χ4n) is 3.68. The number of aryl methyl sites for hydroxylation is 1. The summed E-state index contributed by atoms with van der Waals surface area (Å²) in [5.41, 5.74) is 1.89. The molecule has 1 aromatic carbocycles. The number of thiazole rings is 1. The summed E-state index contributed by atoms with van der Waals surface area (Å²) in [6, 6.07) is 9.56. The Balaban J connectivity index is 1.25. The summed E-state index contributed by atoms with van der Waals surface area (Å²) in [5, 5.41) is 1.87. The number of hydrogen-bond acceptors (Lipinski definition) is 6. The van der Waals surface area contributed by atoms with Crippen LogP contribution in [-0.2, 0) is 17.8 Å². The number of aromatic nitrogens is 2. The number of hydrogen-bond donors (Lipinski definition) is 0. The third-order valence-electron chi connectivity index (χ3n) is 5.33. The van der Waals surface area contributed by atoms with E-state index in [0.717, 1.165) is 41.5 Å². The minimum atomic E-state index is -0.0423. The molecular weight excluding hydrogens is 400 g/mol. The van der Waals surface area contributed by atoms with Crippen molar-refractivity contribution in [3.05, 3.63) is 63.5 Å². The molecule has 30 heavy (non-hydrogen) atoms. The van der Waals surface area contributed by atoms with Crippen molar-refractivity contribution in [3.8, 4) is 5.75 Å². The summed E-state index contributed by atoms with van der Waals surface area (Å²) in [6.45, 7) is 6.26. The lowest BCUT2D eigenvalue weighted by Gasteiger charge is -2.34. The molecule has 0 aliphatic carbocycles. The zero-order valence-corrected chi connectivity index (χ0v) is 17.9. The van der Waals surface area contributed by atoms with Crippen LogP contribution in [0.1, 0.15) is 24.6 Å².